The monoisotopic (exact) mass is 254 g/mol. The molecule has 1 unspecified atom stereocenters. The van der Waals surface area contributed by atoms with Gasteiger partial charge in [0.05, 0.1) is 0 Å². The maximum absolute atomic E-state index is 10.9. The molecular formula is C12H14O4S. The van der Waals surface area contributed by atoms with Gasteiger partial charge in [-0.15, -0.1) is 11.3 Å². The van der Waals surface area contributed by atoms with Gasteiger partial charge in [-0.3, -0.25) is 9.59 Å². The SMILES string of the molecule is CCC1Cc2cc(C(C(=O)O)C(=O)O)sc2C1. The van der Waals surface area contributed by atoms with E-state index in [0.29, 0.717) is 10.8 Å². The molecule has 1 aliphatic rings. The number of carboxylic acids is 2. The van der Waals surface area contributed by atoms with E-state index in [-0.39, 0.29) is 0 Å². The lowest BCUT2D eigenvalue weighted by Crippen LogP contribution is -2.20. The van der Waals surface area contributed by atoms with Crippen LogP contribution in [0.25, 0.3) is 0 Å². The lowest BCUT2D eigenvalue weighted by atomic mass is 10.0. The number of hydrogen-bond acceptors (Lipinski definition) is 3. The van der Waals surface area contributed by atoms with Gasteiger partial charge in [0, 0.05) is 9.75 Å². The molecule has 0 saturated heterocycles. The first-order valence-electron chi connectivity index (χ1n) is 5.60. The highest BCUT2D eigenvalue weighted by atomic mass is 32.1. The molecule has 0 radical (unpaired) electrons. The summed E-state index contributed by atoms with van der Waals surface area (Å²) in [7, 11) is 0. The first-order valence-corrected chi connectivity index (χ1v) is 6.41. The molecule has 0 aromatic carbocycles. The topological polar surface area (TPSA) is 74.6 Å². The molecule has 4 nitrogen and oxygen atoms in total. The number of aliphatic carboxylic acids is 2. The van der Waals surface area contributed by atoms with E-state index in [1.165, 1.54) is 16.2 Å². The van der Waals surface area contributed by atoms with E-state index in [1.807, 2.05) is 0 Å². The van der Waals surface area contributed by atoms with Crippen molar-refractivity contribution >= 4 is 23.3 Å². The van der Waals surface area contributed by atoms with Gasteiger partial charge in [0.25, 0.3) is 0 Å². The highest BCUT2D eigenvalue weighted by molar-refractivity contribution is 7.12. The van der Waals surface area contributed by atoms with Gasteiger partial charge in [0.2, 0.25) is 0 Å². The summed E-state index contributed by atoms with van der Waals surface area (Å²) in [5.74, 6) is -3.35. The van der Waals surface area contributed by atoms with Crippen LogP contribution < -0.4 is 0 Å². The Morgan fingerprint density at radius 1 is 1.41 bits per heavy atom. The lowest BCUT2D eigenvalue weighted by Gasteiger charge is -2.06. The van der Waals surface area contributed by atoms with Gasteiger partial charge >= 0.3 is 11.9 Å². The number of fused-ring (bicyclic) bond motifs is 1. The van der Waals surface area contributed by atoms with Crippen LogP contribution in [0.2, 0.25) is 0 Å². The van der Waals surface area contributed by atoms with Crippen molar-refractivity contribution in [1.29, 1.82) is 0 Å². The fourth-order valence-corrected chi connectivity index (χ4v) is 3.66. The zero-order valence-corrected chi connectivity index (χ0v) is 10.3. The molecule has 17 heavy (non-hydrogen) atoms. The summed E-state index contributed by atoms with van der Waals surface area (Å²) < 4.78 is 0. The van der Waals surface area contributed by atoms with Crippen LogP contribution in [0.1, 0.15) is 34.6 Å². The van der Waals surface area contributed by atoms with Crippen molar-refractivity contribution in [3.63, 3.8) is 0 Å². The van der Waals surface area contributed by atoms with E-state index in [1.54, 1.807) is 6.07 Å². The van der Waals surface area contributed by atoms with Crippen LogP contribution >= 0.6 is 11.3 Å². The Morgan fingerprint density at radius 3 is 2.53 bits per heavy atom. The van der Waals surface area contributed by atoms with Gasteiger partial charge in [0.1, 0.15) is 0 Å². The molecule has 0 fully saturated rings. The zero-order chi connectivity index (χ0) is 12.6. The highest BCUT2D eigenvalue weighted by Gasteiger charge is 2.32. The van der Waals surface area contributed by atoms with Gasteiger partial charge in [-0.05, 0) is 30.4 Å². The van der Waals surface area contributed by atoms with Crippen LogP contribution in [-0.2, 0) is 22.4 Å². The van der Waals surface area contributed by atoms with Crippen molar-refractivity contribution in [1.82, 2.24) is 0 Å². The first-order chi connectivity index (χ1) is 8.02. The first kappa shape index (κ1) is 12.1. The predicted molar refractivity (Wildman–Crippen MR) is 63.5 cm³/mol. The van der Waals surface area contributed by atoms with E-state index in [2.05, 4.69) is 6.92 Å². The molecule has 0 saturated carbocycles. The molecule has 0 amide bonds. The standard InChI is InChI=1S/C12H14O4S/c1-2-6-3-7-5-9(17-8(7)4-6)10(11(13)14)12(15)16/h5-6,10H,2-4H2,1H3,(H,13,14)(H,15,16). The number of hydrogen-bond donors (Lipinski definition) is 2. The molecule has 92 valence electrons. The number of rotatable bonds is 4. The fraction of sp³-hybridized carbons (Fsp3) is 0.500. The molecular weight excluding hydrogens is 240 g/mol. The summed E-state index contributed by atoms with van der Waals surface area (Å²) in [5.41, 5.74) is 1.14. The van der Waals surface area contributed by atoms with E-state index in [9.17, 15) is 9.59 Å². The molecule has 5 heteroatoms. The van der Waals surface area contributed by atoms with Gasteiger partial charge in [-0.1, -0.05) is 13.3 Å². The van der Waals surface area contributed by atoms with E-state index >= 15 is 0 Å². The lowest BCUT2D eigenvalue weighted by molar-refractivity contribution is -0.149. The summed E-state index contributed by atoms with van der Waals surface area (Å²) in [6, 6.07) is 1.77. The fourth-order valence-electron chi connectivity index (χ4n) is 2.26. The molecule has 1 heterocycles. The van der Waals surface area contributed by atoms with E-state index in [0.717, 1.165) is 24.8 Å². The quantitative estimate of drug-likeness (QED) is 0.807. The van der Waals surface area contributed by atoms with Crippen molar-refractivity contribution in [2.24, 2.45) is 5.92 Å². The summed E-state index contributed by atoms with van der Waals surface area (Å²) in [6.07, 6.45) is 3.02. The predicted octanol–water partition coefficient (Wildman–Crippen LogP) is 2.13. The molecule has 1 atom stereocenters. The molecule has 1 aliphatic carbocycles. The van der Waals surface area contributed by atoms with Crippen LogP contribution in [0, 0.1) is 5.92 Å². The third-order valence-corrected chi connectivity index (χ3v) is 4.52. The number of carboxylic acid groups (broad SMARTS) is 2. The summed E-state index contributed by atoms with van der Waals surface area (Å²) in [5, 5.41) is 17.8. The molecule has 0 bridgehead atoms. The Kier molecular flexibility index (Phi) is 3.19. The van der Waals surface area contributed by atoms with Crippen LogP contribution in [0.15, 0.2) is 6.07 Å². The molecule has 2 rings (SSSR count). The van der Waals surface area contributed by atoms with E-state index < -0.39 is 17.9 Å². The smallest absolute Gasteiger partial charge is 0.323 e. The largest absolute Gasteiger partial charge is 0.480 e. The van der Waals surface area contributed by atoms with Gasteiger partial charge in [-0.25, -0.2) is 0 Å². The summed E-state index contributed by atoms with van der Waals surface area (Å²) >= 11 is 1.34. The Bertz CT molecular complexity index is 426. The normalized spacial score (nSPS) is 18.4. The molecule has 0 spiro atoms. The van der Waals surface area contributed by atoms with Crippen molar-refractivity contribution in [2.75, 3.05) is 0 Å². The van der Waals surface area contributed by atoms with Crippen LogP contribution in [0.3, 0.4) is 0 Å². The molecule has 1 aromatic heterocycles. The molecule has 2 N–H and O–H groups in total. The molecule has 0 aliphatic heterocycles. The maximum Gasteiger partial charge on any atom is 0.323 e. The van der Waals surface area contributed by atoms with Crippen molar-refractivity contribution in [2.45, 2.75) is 32.1 Å². The Labute approximate surface area is 103 Å². The van der Waals surface area contributed by atoms with Crippen molar-refractivity contribution in [3.8, 4) is 0 Å². The average molecular weight is 254 g/mol. The second-order valence-corrected chi connectivity index (χ2v) is 5.56. The Morgan fingerprint density at radius 2 is 2.06 bits per heavy atom. The number of thiophene rings is 1. The average Bonchev–Trinajstić information content (AvgIpc) is 2.73. The third kappa shape index (κ3) is 2.20. The third-order valence-electron chi connectivity index (χ3n) is 3.25. The summed E-state index contributed by atoms with van der Waals surface area (Å²) in [4.78, 5) is 23.4. The Balaban J connectivity index is 2.26. The number of carbonyl (C=O) groups is 2. The molecule has 1 aromatic rings. The maximum atomic E-state index is 10.9. The second-order valence-electron chi connectivity index (χ2n) is 4.39. The van der Waals surface area contributed by atoms with Gasteiger partial charge in [-0.2, -0.15) is 0 Å². The minimum atomic E-state index is -1.41. The second kappa shape index (κ2) is 4.49. The minimum absolute atomic E-state index is 0.449. The van der Waals surface area contributed by atoms with Crippen LogP contribution in [-0.4, -0.2) is 22.2 Å². The van der Waals surface area contributed by atoms with E-state index in [4.69, 9.17) is 10.2 Å². The summed E-state index contributed by atoms with van der Waals surface area (Å²) in [6.45, 7) is 2.14. The van der Waals surface area contributed by atoms with Crippen molar-refractivity contribution in [3.05, 3.63) is 21.4 Å². The highest BCUT2D eigenvalue weighted by Crippen LogP contribution is 2.38. The van der Waals surface area contributed by atoms with Gasteiger partial charge in [0.15, 0.2) is 5.92 Å². The van der Waals surface area contributed by atoms with Crippen molar-refractivity contribution < 1.29 is 19.8 Å². The van der Waals surface area contributed by atoms with Crippen LogP contribution in [0.5, 0.6) is 0 Å². The minimum Gasteiger partial charge on any atom is -0.480 e. The van der Waals surface area contributed by atoms with Crippen LogP contribution in [0.4, 0.5) is 0 Å². The Hall–Kier alpha value is -1.36. The zero-order valence-electron chi connectivity index (χ0n) is 9.47. The van der Waals surface area contributed by atoms with Gasteiger partial charge < -0.3 is 10.2 Å².